The number of rotatable bonds is 3. The highest BCUT2D eigenvalue weighted by molar-refractivity contribution is 6.14. The zero-order valence-electron chi connectivity index (χ0n) is 13.2. The fourth-order valence-electron chi connectivity index (χ4n) is 2.56. The van der Waals surface area contributed by atoms with Gasteiger partial charge in [0.15, 0.2) is 5.76 Å². The second-order valence-corrected chi connectivity index (χ2v) is 6.20. The van der Waals surface area contributed by atoms with E-state index in [-0.39, 0.29) is 23.4 Å². The van der Waals surface area contributed by atoms with Gasteiger partial charge < -0.3 is 9.47 Å². The van der Waals surface area contributed by atoms with Gasteiger partial charge in [-0.25, -0.2) is 0 Å². The molecule has 2 aliphatic rings. The third-order valence-electron chi connectivity index (χ3n) is 4.15. The number of ketones is 1. The number of Topliss-reactive ketones (excluding diaryl/α,β-unsaturated/α-hetero) is 1. The van der Waals surface area contributed by atoms with Crippen molar-refractivity contribution in [2.24, 2.45) is 5.92 Å². The number of hydrogen-bond acceptors (Lipinski definition) is 4. The first-order chi connectivity index (χ1) is 11.6. The summed E-state index contributed by atoms with van der Waals surface area (Å²) in [4.78, 5) is 24.1. The molecule has 0 amide bonds. The first kappa shape index (κ1) is 14.7. The second kappa shape index (κ2) is 5.64. The van der Waals surface area contributed by atoms with Gasteiger partial charge in [0.05, 0.1) is 11.5 Å². The Morgan fingerprint density at radius 1 is 1.17 bits per heavy atom. The molecule has 1 fully saturated rings. The maximum Gasteiger partial charge on any atom is 0.314 e. The van der Waals surface area contributed by atoms with Crippen LogP contribution in [0.2, 0.25) is 0 Å². The highest BCUT2D eigenvalue weighted by Crippen LogP contribution is 2.36. The Bertz CT molecular complexity index is 858. The number of benzene rings is 2. The molecule has 0 saturated heterocycles. The zero-order chi connectivity index (χ0) is 16.7. The van der Waals surface area contributed by atoms with Gasteiger partial charge in [-0.3, -0.25) is 9.59 Å². The summed E-state index contributed by atoms with van der Waals surface area (Å²) in [6.45, 7) is 2.01. The fourth-order valence-corrected chi connectivity index (χ4v) is 2.56. The minimum Gasteiger partial charge on any atom is -0.452 e. The standard InChI is InChI=1S/C20H16O4/c1-12-2-4-13(5-3-12)10-18-19(21)16-9-8-15(11-17(16)24-18)23-20(22)14-6-7-14/h2-5,8-11,14H,6-7H2,1H3. The first-order valence-electron chi connectivity index (χ1n) is 7.97. The van der Waals surface area contributed by atoms with E-state index in [2.05, 4.69) is 0 Å². The lowest BCUT2D eigenvalue weighted by Crippen LogP contribution is -2.09. The number of carbonyl (C=O) groups is 2. The molecule has 1 aliphatic heterocycles. The average molecular weight is 320 g/mol. The van der Waals surface area contributed by atoms with Crippen molar-refractivity contribution < 1.29 is 19.1 Å². The molecule has 0 bridgehead atoms. The Balaban J connectivity index is 1.57. The highest BCUT2D eigenvalue weighted by Gasteiger charge is 2.32. The summed E-state index contributed by atoms with van der Waals surface area (Å²) in [5.41, 5.74) is 2.54. The van der Waals surface area contributed by atoms with Crippen molar-refractivity contribution >= 4 is 17.8 Å². The van der Waals surface area contributed by atoms with Crippen molar-refractivity contribution in [1.29, 1.82) is 0 Å². The SMILES string of the molecule is Cc1ccc(C=C2Oc3cc(OC(=O)C4CC4)ccc3C2=O)cc1. The molecule has 4 nitrogen and oxygen atoms in total. The van der Waals surface area contributed by atoms with Crippen LogP contribution in [0.15, 0.2) is 48.2 Å². The second-order valence-electron chi connectivity index (χ2n) is 6.20. The molecule has 24 heavy (non-hydrogen) atoms. The fraction of sp³-hybridized carbons (Fsp3) is 0.200. The predicted octanol–water partition coefficient (Wildman–Crippen LogP) is 3.93. The number of allylic oxidation sites excluding steroid dienone is 1. The predicted molar refractivity (Wildman–Crippen MR) is 88.9 cm³/mol. The molecule has 1 saturated carbocycles. The molecule has 0 atom stereocenters. The average Bonchev–Trinajstić information content (AvgIpc) is 3.37. The highest BCUT2D eigenvalue weighted by atomic mass is 16.5. The molecule has 0 aromatic heterocycles. The number of ether oxygens (including phenoxy) is 2. The molecular weight excluding hydrogens is 304 g/mol. The van der Waals surface area contributed by atoms with E-state index >= 15 is 0 Å². The topological polar surface area (TPSA) is 52.6 Å². The molecule has 0 N–H and O–H groups in total. The molecule has 1 aliphatic carbocycles. The summed E-state index contributed by atoms with van der Waals surface area (Å²) in [6, 6.07) is 12.7. The summed E-state index contributed by atoms with van der Waals surface area (Å²) in [7, 11) is 0. The van der Waals surface area contributed by atoms with E-state index in [9.17, 15) is 9.59 Å². The van der Waals surface area contributed by atoms with Gasteiger partial charge in [-0.05, 0) is 43.5 Å². The van der Waals surface area contributed by atoms with Crippen molar-refractivity contribution in [2.75, 3.05) is 0 Å². The van der Waals surface area contributed by atoms with Gasteiger partial charge in [-0.15, -0.1) is 0 Å². The van der Waals surface area contributed by atoms with Crippen LogP contribution in [-0.2, 0) is 4.79 Å². The van der Waals surface area contributed by atoms with Crippen molar-refractivity contribution in [3.05, 3.63) is 64.9 Å². The van der Waals surface area contributed by atoms with Crippen LogP contribution in [0.25, 0.3) is 6.08 Å². The molecule has 1 heterocycles. The largest absolute Gasteiger partial charge is 0.452 e. The Labute approximate surface area is 139 Å². The molecule has 4 heteroatoms. The quantitative estimate of drug-likeness (QED) is 0.488. The smallest absolute Gasteiger partial charge is 0.314 e. The van der Waals surface area contributed by atoms with Crippen LogP contribution < -0.4 is 9.47 Å². The number of esters is 1. The molecule has 0 unspecified atom stereocenters. The zero-order valence-corrected chi connectivity index (χ0v) is 13.2. The number of hydrogen-bond donors (Lipinski definition) is 0. The minimum atomic E-state index is -0.213. The lowest BCUT2D eigenvalue weighted by Gasteiger charge is -2.04. The molecule has 0 spiro atoms. The van der Waals surface area contributed by atoms with Crippen LogP contribution >= 0.6 is 0 Å². The van der Waals surface area contributed by atoms with E-state index in [1.54, 1.807) is 24.3 Å². The molecule has 4 rings (SSSR count). The maximum absolute atomic E-state index is 12.4. The van der Waals surface area contributed by atoms with Gasteiger partial charge in [0.2, 0.25) is 5.78 Å². The van der Waals surface area contributed by atoms with Gasteiger partial charge in [0.25, 0.3) is 0 Å². The Hall–Kier alpha value is -2.88. The molecule has 0 radical (unpaired) electrons. The third kappa shape index (κ3) is 2.83. The summed E-state index contributed by atoms with van der Waals surface area (Å²) in [5, 5.41) is 0. The summed E-state index contributed by atoms with van der Waals surface area (Å²) in [6.07, 6.45) is 3.50. The number of fused-ring (bicyclic) bond motifs is 1. The van der Waals surface area contributed by atoms with Crippen LogP contribution in [0.3, 0.4) is 0 Å². The van der Waals surface area contributed by atoms with Crippen molar-refractivity contribution in [3.63, 3.8) is 0 Å². The van der Waals surface area contributed by atoms with Crippen LogP contribution in [0.4, 0.5) is 0 Å². The molecule has 2 aromatic rings. The van der Waals surface area contributed by atoms with Crippen molar-refractivity contribution in [2.45, 2.75) is 19.8 Å². The number of carbonyl (C=O) groups excluding carboxylic acids is 2. The van der Waals surface area contributed by atoms with E-state index in [1.165, 1.54) is 0 Å². The van der Waals surface area contributed by atoms with Gasteiger partial charge in [0.1, 0.15) is 11.5 Å². The van der Waals surface area contributed by atoms with E-state index in [0.29, 0.717) is 17.1 Å². The van der Waals surface area contributed by atoms with Gasteiger partial charge >= 0.3 is 5.97 Å². The van der Waals surface area contributed by atoms with Gasteiger partial charge in [0, 0.05) is 6.07 Å². The Morgan fingerprint density at radius 2 is 1.92 bits per heavy atom. The summed E-state index contributed by atoms with van der Waals surface area (Å²) in [5.74, 6) is 0.771. The van der Waals surface area contributed by atoms with Crippen molar-refractivity contribution in [3.8, 4) is 11.5 Å². The summed E-state index contributed by atoms with van der Waals surface area (Å²) >= 11 is 0. The van der Waals surface area contributed by atoms with E-state index in [1.807, 2.05) is 31.2 Å². The molecular formula is C20H16O4. The Morgan fingerprint density at radius 3 is 2.62 bits per heavy atom. The molecule has 2 aromatic carbocycles. The van der Waals surface area contributed by atoms with Crippen molar-refractivity contribution in [1.82, 2.24) is 0 Å². The summed E-state index contributed by atoms with van der Waals surface area (Å²) < 4.78 is 11.0. The van der Waals surface area contributed by atoms with Crippen LogP contribution in [0.5, 0.6) is 11.5 Å². The van der Waals surface area contributed by atoms with Crippen LogP contribution in [0, 0.1) is 12.8 Å². The number of aryl methyl sites for hydroxylation is 1. The maximum atomic E-state index is 12.4. The van der Waals surface area contributed by atoms with Gasteiger partial charge in [-0.1, -0.05) is 29.8 Å². The van der Waals surface area contributed by atoms with Crippen LogP contribution in [-0.4, -0.2) is 11.8 Å². The van der Waals surface area contributed by atoms with Gasteiger partial charge in [-0.2, -0.15) is 0 Å². The van der Waals surface area contributed by atoms with E-state index in [4.69, 9.17) is 9.47 Å². The van der Waals surface area contributed by atoms with E-state index in [0.717, 1.165) is 24.0 Å². The third-order valence-corrected chi connectivity index (χ3v) is 4.15. The van der Waals surface area contributed by atoms with E-state index < -0.39 is 0 Å². The first-order valence-corrected chi connectivity index (χ1v) is 7.97. The lowest BCUT2D eigenvalue weighted by atomic mass is 10.1. The lowest BCUT2D eigenvalue weighted by molar-refractivity contribution is -0.135. The Kier molecular flexibility index (Phi) is 3.45. The normalized spacial score (nSPS) is 17.5. The van der Waals surface area contributed by atoms with Crippen LogP contribution in [0.1, 0.15) is 34.3 Å². The minimum absolute atomic E-state index is 0.0257. The monoisotopic (exact) mass is 320 g/mol. The molecule has 120 valence electrons.